The zero-order valence-corrected chi connectivity index (χ0v) is 25.6. The molecule has 252 valence electrons. The number of aliphatic hydroxyl groups is 1. The number of aliphatic hydroxyl groups excluding tert-OH is 1. The van der Waals surface area contributed by atoms with E-state index in [1.54, 1.807) is 23.1 Å². The van der Waals surface area contributed by atoms with Crippen LogP contribution in [0.2, 0.25) is 0 Å². The van der Waals surface area contributed by atoms with Crippen molar-refractivity contribution in [1.29, 1.82) is 0 Å². The van der Waals surface area contributed by atoms with Gasteiger partial charge >= 0.3 is 12.4 Å². The van der Waals surface area contributed by atoms with Crippen LogP contribution in [0.25, 0.3) is 0 Å². The molecule has 3 N–H and O–H groups in total. The van der Waals surface area contributed by atoms with Gasteiger partial charge in [0, 0.05) is 37.3 Å². The highest BCUT2D eigenvalue weighted by Crippen LogP contribution is 2.38. The standard InChI is InChI=1S/C35H37F6N3O3/c36-34(37,38)27-13-23(14-28(19-27)35(39,40)41)20-42-21-31(45)30(15-22-7-2-1-3-8-22)43-33(47)26-16-25(24-9-4-5-10-24)17-29(18-26)44-12-6-11-32(44)46/h1-3,7-8,13-14,16-19,24,30-31,42,45H,4-6,9-12,15,20-21H2,(H,43,47)/t30-,31+/m0/s1. The highest BCUT2D eigenvalue weighted by molar-refractivity contribution is 5.99. The molecule has 3 aromatic rings. The molecule has 3 aromatic carbocycles. The Morgan fingerprint density at radius 2 is 1.53 bits per heavy atom. The number of rotatable bonds is 11. The summed E-state index contributed by atoms with van der Waals surface area (Å²) in [5, 5.41) is 16.9. The molecule has 1 saturated heterocycles. The topological polar surface area (TPSA) is 81.7 Å². The first-order valence-electron chi connectivity index (χ1n) is 15.8. The van der Waals surface area contributed by atoms with Gasteiger partial charge in [0.1, 0.15) is 0 Å². The molecule has 2 amide bonds. The number of nitrogens with one attached hydrogen (secondary N) is 2. The Kier molecular flexibility index (Phi) is 10.6. The fourth-order valence-corrected chi connectivity index (χ4v) is 6.37. The molecule has 2 fully saturated rings. The minimum absolute atomic E-state index is 0.00787. The Balaban J connectivity index is 1.35. The molecule has 0 spiro atoms. The summed E-state index contributed by atoms with van der Waals surface area (Å²) in [6, 6.07) is 15.0. The van der Waals surface area contributed by atoms with Gasteiger partial charge in [0.15, 0.2) is 0 Å². The number of benzene rings is 3. The molecule has 0 radical (unpaired) electrons. The van der Waals surface area contributed by atoms with Crippen LogP contribution >= 0.6 is 0 Å². The van der Waals surface area contributed by atoms with Crippen LogP contribution < -0.4 is 15.5 Å². The molecule has 1 saturated carbocycles. The Hall–Kier alpha value is -3.90. The minimum atomic E-state index is -4.97. The van der Waals surface area contributed by atoms with Gasteiger partial charge in [-0.1, -0.05) is 43.2 Å². The molecule has 1 aliphatic carbocycles. The fourth-order valence-electron chi connectivity index (χ4n) is 6.37. The molecule has 0 aromatic heterocycles. The molecule has 47 heavy (non-hydrogen) atoms. The van der Waals surface area contributed by atoms with Crippen LogP contribution in [0, 0.1) is 0 Å². The molecule has 0 unspecified atom stereocenters. The molecule has 2 atom stereocenters. The van der Waals surface area contributed by atoms with E-state index in [4.69, 9.17) is 0 Å². The molecular formula is C35H37F6N3O3. The van der Waals surface area contributed by atoms with Crippen LogP contribution in [0.4, 0.5) is 32.0 Å². The Morgan fingerprint density at radius 3 is 2.13 bits per heavy atom. The highest BCUT2D eigenvalue weighted by atomic mass is 19.4. The van der Waals surface area contributed by atoms with Crippen LogP contribution in [0.5, 0.6) is 0 Å². The van der Waals surface area contributed by atoms with E-state index in [0.717, 1.165) is 43.2 Å². The van der Waals surface area contributed by atoms with Gasteiger partial charge < -0.3 is 20.6 Å². The first-order chi connectivity index (χ1) is 22.3. The minimum Gasteiger partial charge on any atom is -0.390 e. The largest absolute Gasteiger partial charge is 0.416 e. The molecule has 2 aliphatic rings. The zero-order chi connectivity index (χ0) is 33.8. The predicted octanol–water partition coefficient (Wildman–Crippen LogP) is 7.00. The van der Waals surface area contributed by atoms with Gasteiger partial charge in [-0.2, -0.15) is 26.3 Å². The van der Waals surface area contributed by atoms with E-state index in [1.165, 1.54) is 0 Å². The van der Waals surface area contributed by atoms with Crippen molar-refractivity contribution < 1.29 is 41.0 Å². The summed E-state index contributed by atoms with van der Waals surface area (Å²) in [7, 11) is 0. The Morgan fingerprint density at radius 1 is 0.872 bits per heavy atom. The van der Waals surface area contributed by atoms with Crippen molar-refractivity contribution in [2.45, 2.75) is 81.9 Å². The van der Waals surface area contributed by atoms with E-state index in [1.807, 2.05) is 30.3 Å². The molecule has 1 aliphatic heterocycles. The maximum absolute atomic E-state index is 13.8. The van der Waals surface area contributed by atoms with Crippen molar-refractivity contribution in [3.05, 3.63) is 100 Å². The number of carbonyl (C=O) groups excluding carboxylic acids is 2. The van der Waals surface area contributed by atoms with Crippen molar-refractivity contribution in [1.82, 2.24) is 10.6 Å². The first-order valence-corrected chi connectivity index (χ1v) is 15.8. The lowest BCUT2D eigenvalue weighted by Crippen LogP contribution is -2.48. The first kappa shape index (κ1) is 34.4. The van der Waals surface area contributed by atoms with E-state index in [2.05, 4.69) is 10.6 Å². The smallest absolute Gasteiger partial charge is 0.390 e. The number of amides is 2. The molecule has 5 rings (SSSR count). The summed E-state index contributed by atoms with van der Waals surface area (Å²) >= 11 is 0. The third-order valence-corrected chi connectivity index (χ3v) is 8.82. The number of alkyl halides is 6. The van der Waals surface area contributed by atoms with E-state index in [-0.39, 0.29) is 43.0 Å². The van der Waals surface area contributed by atoms with E-state index in [9.17, 15) is 41.0 Å². The zero-order valence-electron chi connectivity index (χ0n) is 25.6. The average Bonchev–Trinajstić information content (AvgIpc) is 3.72. The van der Waals surface area contributed by atoms with Gasteiger partial charge in [0.05, 0.1) is 23.3 Å². The number of halogens is 6. The highest BCUT2D eigenvalue weighted by Gasteiger charge is 2.37. The van der Waals surface area contributed by atoms with Crippen molar-refractivity contribution in [2.75, 3.05) is 18.0 Å². The third-order valence-electron chi connectivity index (χ3n) is 8.82. The normalized spacial score (nSPS) is 17.3. The van der Waals surface area contributed by atoms with E-state index >= 15 is 0 Å². The van der Waals surface area contributed by atoms with Crippen molar-refractivity contribution in [2.24, 2.45) is 0 Å². The summed E-state index contributed by atoms with van der Waals surface area (Å²) in [6.45, 7) is -0.0525. The Labute approximate surface area is 269 Å². The van der Waals surface area contributed by atoms with Gasteiger partial charge in [-0.25, -0.2) is 0 Å². The summed E-state index contributed by atoms with van der Waals surface area (Å²) in [6.07, 6.45) is -5.72. The van der Waals surface area contributed by atoms with Crippen LogP contribution in [0.1, 0.15) is 82.6 Å². The van der Waals surface area contributed by atoms with Crippen molar-refractivity contribution >= 4 is 17.5 Å². The summed E-state index contributed by atoms with van der Waals surface area (Å²) in [4.78, 5) is 28.0. The monoisotopic (exact) mass is 661 g/mol. The number of hydrogen-bond donors (Lipinski definition) is 3. The molecule has 6 nitrogen and oxygen atoms in total. The summed E-state index contributed by atoms with van der Waals surface area (Å²) in [5.74, 6) is -0.209. The predicted molar refractivity (Wildman–Crippen MR) is 165 cm³/mol. The van der Waals surface area contributed by atoms with Crippen LogP contribution in [0.15, 0.2) is 66.7 Å². The second-order valence-electron chi connectivity index (χ2n) is 12.3. The van der Waals surface area contributed by atoms with Crippen LogP contribution in [-0.4, -0.2) is 42.2 Å². The number of carbonyl (C=O) groups is 2. The molecular weight excluding hydrogens is 624 g/mol. The maximum atomic E-state index is 13.8. The lowest BCUT2D eigenvalue weighted by atomic mass is 9.94. The van der Waals surface area contributed by atoms with Crippen LogP contribution in [0.3, 0.4) is 0 Å². The van der Waals surface area contributed by atoms with Gasteiger partial charge in [0.2, 0.25) is 5.91 Å². The maximum Gasteiger partial charge on any atom is 0.416 e. The third kappa shape index (κ3) is 8.92. The van der Waals surface area contributed by atoms with Gasteiger partial charge in [-0.05, 0) is 84.7 Å². The number of nitrogens with zero attached hydrogens (tertiary/aromatic N) is 1. The second-order valence-corrected chi connectivity index (χ2v) is 12.3. The molecule has 12 heteroatoms. The van der Waals surface area contributed by atoms with Crippen molar-refractivity contribution in [3.8, 4) is 0 Å². The van der Waals surface area contributed by atoms with E-state index < -0.39 is 41.5 Å². The Bertz CT molecular complexity index is 1520. The van der Waals surface area contributed by atoms with E-state index in [0.29, 0.717) is 36.3 Å². The number of anilines is 1. The second kappa shape index (κ2) is 14.5. The molecule has 0 bridgehead atoms. The number of hydrogen-bond acceptors (Lipinski definition) is 4. The summed E-state index contributed by atoms with van der Waals surface area (Å²) in [5.41, 5.74) is -0.328. The van der Waals surface area contributed by atoms with Gasteiger partial charge in [-0.3, -0.25) is 9.59 Å². The van der Waals surface area contributed by atoms with Crippen molar-refractivity contribution in [3.63, 3.8) is 0 Å². The van der Waals surface area contributed by atoms with Gasteiger partial charge in [0.25, 0.3) is 5.91 Å². The lowest BCUT2D eigenvalue weighted by Gasteiger charge is -2.26. The van der Waals surface area contributed by atoms with Gasteiger partial charge in [-0.15, -0.1) is 0 Å². The summed E-state index contributed by atoms with van der Waals surface area (Å²) < 4.78 is 79.9. The average molecular weight is 662 g/mol. The quantitative estimate of drug-likeness (QED) is 0.194. The SMILES string of the molecule is O=C(N[C@@H](Cc1ccccc1)[C@H](O)CNCc1cc(C(F)(F)F)cc(C(F)(F)F)c1)c1cc(C2CCCC2)cc(N2CCCC2=O)c1. The molecule has 1 heterocycles. The van der Waals surface area contributed by atoms with Crippen LogP contribution in [-0.2, 0) is 30.1 Å². The lowest BCUT2D eigenvalue weighted by molar-refractivity contribution is -0.143. The fraction of sp³-hybridized carbons (Fsp3) is 0.429.